The molecule has 0 bridgehead atoms. The molecule has 0 nitrogen and oxygen atoms in total. The third kappa shape index (κ3) is 6.53. The zero-order valence-electron chi connectivity index (χ0n) is 17.6. The lowest BCUT2D eigenvalue weighted by atomic mass is 10.1. The molecule has 2 aromatic carbocycles. The first kappa shape index (κ1) is 22.3. The topological polar surface area (TPSA) is 0 Å². The highest BCUT2D eigenvalue weighted by molar-refractivity contribution is 7.80. The van der Waals surface area contributed by atoms with Crippen molar-refractivity contribution in [2.24, 2.45) is 0 Å². The summed E-state index contributed by atoms with van der Waals surface area (Å²) in [5.41, 5.74) is 2.99. The van der Waals surface area contributed by atoms with Gasteiger partial charge >= 0.3 is 0 Å². The summed E-state index contributed by atoms with van der Waals surface area (Å²) in [5, 5.41) is 1.66. The molecule has 0 N–H and O–H groups in total. The van der Waals surface area contributed by atoms with Crippen LogP contribution < -0.4 is 5.19 Å². The average molecular weight is 399 g/mol. The monoisotopic (exact) mass is 398 g/mol. The van der Waals surface area contributed by atoms with Crippen LogP contribution in [0, 0.1) is 0 Å². The van der Waals surface area contributed by atoms with Crippen molar-refractivity contribution >= 4 is 25.9 Å². The van der Waals surface area contributed by atoms with E-state index in [0.717, 1.165) is 6.42 Å². The first-order valence-electron chi connectivity index (χ1n) is 11.0. The second kappa shape index (κ2) is 11.8. The standard InChI is InChI=1S/C25H38SSi/c1-4-7-13-23-20-22(16-17-25(23)26)21-27(18-8-5-2,19-9-6-3)24-14-11-10-12-15-24/h10-12,14-17,20,26H,4-9,13,18-19,21H2,1-3H3. The van der Waals surface area contributed by atoms with Gasteiger partial charge in [-0.1, -0.05) is 113 Å². The number of rotatable bonds is 12. The molecule has 2 rings (SSSR count). The molecule has 0 aliphatic heterocycles. The van der Waals surface area contributed by atoms with Crippen molar-refractivity contribution in [3.63, 3.8) is 0 Å². The molecule has 0 unspecified atom stereocenters. The van der Waals surface area contributed by atoms with Crippen molar-refractivity contribution in [1.82, 2.24) is 0 Å². The second-order valence-corrected chi connectivity index (χ2v) is 13.1. The van der Waals surface area contributed by atoms with Crippen molar-refractivity contribution < 1.29 is 0 Å². The van der Waals surface area contributed by atoms with E-state index in [2.05, 4.69) is 69.3 Å². The van der Waals surface area contributed by atoms with Crippen LogP contribution in [0.1, 0.15) is 70.4 Å². The lowest BCUT2D eigenvalue weighted by molar-refractivity contribution is 0.784. The molecule has 0 amide bonds. The Bertz CT molecular complexity index is 657. The molecule has 0 saturated carbocycles. The quantitative estimate of drug-likeness (QED) is 0.280. The van der Waals surface area contributed by atoms with Gasteiger partial charge in [-0.05, 0) is 36.1 Å². The maximum atomic E-state index is 4.72. The van der Waals surface area contributed by atoms with Crippen LogP contribution in [-0.4, -0.2) is 8.07 Å². The highest BCUT2D eigenvalue weighted by Crippen LogP contribution is 2.28. The smallest absolute Gasteiger partial charge is 0.0910 e. The zero-order valence-corrected chi connectivity index (χ0v) is 19.5. The van der Waals surface area contributed by atoms with E-state index in [1.165, 1.54) is 67.1 Å². The van der Waals surface area contributed by atoms with E-state index in [-0.39, 0.29) is 0 Å². The average Bonchev–Trinajstić information content (AvgIpc) is 2.71. The zero-order chi connectivity index (χ0) is 19.5. The van der Waals surface area contributed by atoms with E-state index in [1.807, 2.05) is 0 Å². The molecule has 2 aromatic rings. The maximum Gasteiger partial charge on any atom is 0.0910 e. The third-order valence-electron chi connectivity index (χ3n) is 5.89. The molecule has 0 aliphatic carbocycles. The summed E-state index contributed by atoms with van der Waals surface area (Å²) in [6, 6.07) is 22.7. The molecule has 0 aromatic heterocycles. The number of unbranched alkanes of at least 4 members (excludes halogenated alkanes) is 3. The van der Waals surface area contributed by atoms with E-state index in [1.54, 1.807) is 10.8 Å². The van der Waals surface area contributed by atoms with Crippen molar-refractivity contribution in [3.05, 3.63) is 59.7 Å². The predicted molar refractivity (Wildman–Crippen MR) is 127 cm³/mol. The fourth-order valence-electron chi connectivity index (χ4n) is 4.22. The van der Waals surface area contributed by atoms with E-state index in [9.17, 15) is 0 Å². The van der Waals surface area contributed by atoms with Crippen molar-refractivity contribution in [2.75, 3.05) is 0 Å². The van der Waals surface area contributed by atoms with Crippen LogP contribution in [0.3, 0.4) is 0 Å². The van der Waals surface area contributed by atoms with Crippen LogP contribution in [0.4, 0.5) is 0 Å². The fraction of sp³-hybridized carbons (Fsp3) is 0.520. The van der Waals surface area contributed by atoms with Gasteiger partial charge in [-0.15, -0.1) is 12.6 Å². The molecule has 27 heavy (non-hydrogen) atoms. The van der Waals surface area contributed by atoms with E-state index >= 15 is 0 Å². The van der Waals surface area contributed by atoms with Crippen molar-refractivity contribution in [2.45, 2.75) is 88.7 Å². The molecule has 0 saturated heterocycles. The first-order valence-corrected chi connectivity index (χ1v) is 14.1. The van der Waals surface area contributed by atoms with Gasteiger partial charge in [0.05, 0.1) is 8.07 Å². The molecule has 0 atom stereocenters. The molecule has 0 heterocycles. The minimum atomic E-state index is -1.55. The van der Waals surface area contributed by atoms with Gasteiger partial charge in [0.2, 0.25) is 0 Å². The predicted octanol–water partition coefficient (Wildman–Crippen LogP) is 7.36. The first-order chi connectivity index (χ1) is 13.1. The van der Waals surface area contributed by atoms with Gasteiger partial charge in [0.25, 0.3) is 0 Å². The molecule has 0 radical (unpaired) electrons. The van der Waals surface area contributed by atoms with E-state index in [0.29, 0.717) is 0 Å². The van der Waals surface area contributed by atoms with E-state index < -0.39 is 8.07 Å². The van der Waals surface area contributed by atoms with Crippen LogP contribution in [0.15, 0.2) is 53.4 Å². The Hall–Kier alpha value is -0.993. The van der Waals surface area contributed by atoms with Gasteiger partial charge < -0.3 is 0 Å². The SMILES string of the molecule is CCCCc1cc(C[Si](CCCC)(CCCC)c2ccccc2)ccc1S. The lowest BCUT2D eigenvalue weighted by Crippen LogP contribution is -2.50. The summed E-state index contributed by atoms with van der Waals surface area (Å²) >= 11 is 4.72. The minimum absolute atomic E-state index is 1.16. The van der Waals surface area contributed by atoms with Gasteiger partial charge in [0, 0.05) is 4.90 Å². The second-order valence-electron chi connectivity index (χ2n) is 8.10. The Morgan fingerprint density at radius 3 is 2.00 bits per heavy atom. The van der Waals surface area contributed by atoms with Gasteiger partial charge in [0.15, 0.2) is 0 Å². The summed E-state index contributed by atoms with van der Waals surface area (Å²) in [7, 11) is -1.55. The molecule has 148 valence electrons. The Morgan fingerprint density at radius 2 is 1.41 bits per heavy atom. The highest BCUT2D eigenvalue weighted by Gasteiger charge is 2.34. The minimum Gasteiger partial charge on any atom is -0.143 e. The maximum absolute atomic E-state index is 4.72. The van der Waals surface area contributed by atoms with Crippen LogP contribution in [0.25, 0.3) is 0 Å². The van der Waals surface area contributed by atoms with Gasteiger partial charge in [-0.3, -0.25) is 0 Å². The summed E-state index contributed by atoms with van der Waals surface area (Å²) in [6.45, 7) is 6.94. The number of hydrogen-bond acceptors (Lipinski definition) is 1. The number of hydrogen-bond donors (Lipinski definition) is 1. The van der Waals surface area contributed by atoms with Gasteiger partial charge in [0.1, 0.15) is 0 Å². The highest BCUT2D eigenvalue weighted by atomic mass is 32.1. The van der Waals surface area contributed by atoms with Crippen molar-refractivity contribution in [3.8, 4) is 0 Å². The number of benzene rings is 2. The molecule has 0 aliphatic rings. The Balaban J connectivity index is 2.37. The Morgan fingerprint density at radius 1 is 0.778 bits per heavy atom. The number of thiol groups is 1. The molecular weight excluding hydrogens is 360 g/mol. The lowest BCUT2D eigenvalue weighted by Gasteiger charge is -2.33. The van der Waals surface area contributed by atoms with Crippen LogP contribution in [-0.2, 0) is 12.5 Å². The summed E-state index contributed by atoms with van der Waals surface area (Å²) in [5.74, 6) is 0. The van der Waals surface area contributed by atoms with Gasteiger partial charge in [-0.25, -0.2) is 0 Å². The van der Waals surface area contributed by atoms with Gasteiger partial charge in [-0.2, -0.15) is 0 Å². The van der Waals surface area contributed by atoms with Crippen LogP contribution in [0.2, 0.25) is 12.1 Å². The molecular formula is C25H38SSi. The largest absolute Gasteiger partial charge is 0.143 e. The van der Waals surface area contributed by atoms with E-state index in [4.69, 9.17) is 12.6 Å². The summed E-state index contributed by atoms with van der Waals surface area (Å²) in [4.78, 5) is 1.17. The molecule has 0 spiro atoms. The number of aryl methyl sites for hydroxylation is 1. The molecule has 0 fully saturated rings. The van der Waals surface area contributed by atoms with Crippen LogP contribution in [0.5, 0.6) is 0 Å². The summed E-state index contributed by atoms with van der Waals surface area (Å²) < 4.78 is 0. The normalized spacial score (nSPS) is 11.7. The Kier molecular flexibility index (Phi) is 9.71. The third-order valence-corrected chi connectivity index (χ3v) is 11.6. The van der Waals surface area contributed by atoms with Crippen molar-refractivity contribution in [1.29, 1.82) is 0 Å². The summed E-state index contributed by atoms with van der Waals surface area (Å²) in [6.07, 6.45) is 8.97. The van der Waals surface area contributed by atoms with Crippen LogP contribution >= 0.6 is 12.6 Å². The fourth-order valence-corrected chi connectivity index (χ4v) is 9.82. The Labute approximate surface area is 174 Å². The molecule has 2 heteroatoms.